The third-order valence-corrected chi connectivity index (χ3v) is 7.90. The van der Waals surface area contributed by atoms with E-state index in [0.29, 0.717) is 11.7 Å². The van der Waals surface area contributed by atoms with E-state index in [1.54, 1.807) is 19.3 Å². The zero-order valence-corrected chi connectivity index (χ0v) is 22.6. The Bertz CT molecular complexity index is 1190. The van der Waals surface area contributed by atoms with Crippen LogP contribution < -0.4 is 14.2 Å². The van der Waals surface area contributed by atoms with Crippen molar-refractivity contribution in [2.24, 2.45) is 5.92 Å². The molecule has 1 fully saturated rings. The van der Waals surface area contributed by atoms with Crippen molar-refractivity contribution in [3.63, 3.8) is 0 Å². The number of fused-ring (bicyclic) bond motifs is 1. The first kappa shape index (κ1) is 27.2. The number of carbonyl (C=O) groups is 1. The van der Waals surface area contributed by atoms with E-state index in [9.17, 15) is 13.2 Å². The molecule has 0 unspecified atom stereocenters. The molecule has 0 atom stereocenters. The van der Waals surface area contributed by atoms with Gasteiger partial charge >= 0.3 is 10.1 Å². The smallest absolute Gasteiger partial charge is 0.306 e. The van der Waals surface area contributed by atoms with E-state index in [1.165, 1.54) is 17.5 Å². The summed E-state index contributed by atoms with van der Waals surface area (Å²) in [5.74, 6) is 1.86. The van der Waals surface area contributed by atoms with Gasteiger partial charge in [0.2, 0.25) is 5.91 Å². The van der Waals surface area contributed by atoms with Crippen LogP contribution in [0.4, 0.5) is 0 Å². The molecule has 8 heteroatoms. The highest BCUT2D eigenvalue weighted by molar-refractivity contribution is 7.86. The van der Waals surface area contributed by atoms with Gasteiger partial charge in [-0.05, 0) is 104 Å². The maximum Gasteiger partial charge on any atom is 0.306 e. The number of hydrogen-bond acceptors (Lipinski definition) is 6. The summed E-state index contributed by atoms with van der Waals surface area (Å²) in [7, 11) is -1.88. The van der Waals surface area contributed by atoms with Crippen LogP contribution in [-0.2, 0) is 27.8 Å². The second kappa shape index (κ2) is 12.6. The van der Waals surface area contributed by atoms with Gasteiger partial charge in [0.1, 0.15) is 11.5 Å². The molecule has 0 radical (unpaired) electrons. The maximum absolute atomic E-state index is 12.4. The molecule has 0 spiro atoms. The van der Waals surface area contributed by atoms with Crippen LogP contribution in [0.25, 0.3) is 6.08 Å². The number of rotatable bonds is 9. The van der Waals surface area contributed by atoms with Gasteiger partial charge < -0.3 is 19.1 Å². The predicted molar refractivity (Wildman–Crippen MR) is 146 cm³/mol. The Hall–Kier alpha value is -2.84. The molecule has 1 aliphatic carbocycles. The van der Waals surface area contributed by atoms with Crippen LogP contribution in [0, 0.1) is 5.92 Å². The standard InChI is InChI=1S/C29H38N2O5S/c1-35-27-11-5-22(6-12-27)7-14-29(32)30-26-9-3-23(4-10-26)15-18-31-19-16-24-8-13-28(36-37(2,33)34)21-25(24)17-20-31/h5-8,11-14,21,23,26H,3-4,9-10,15-20H2,1-2H3,(H,30,32)/b14-7+. The largest absolute Gasteiger partial charge is 0.497 e. The molecular weight excluding hydrogens is 488 g/mol. The molecule has 7 nitrogen and oxygen atoms in total. The van der Waals surface area contributed by atoms with Gasteiger partial charge in [-0.3, -0.25) is 4.79 Å². The predicted octanol–water partition coefficient (Wildman–Crippen LogP) is 4.21. The molecule has 0 aromatic heterocycles. The number of benzene rings is 2. The minimum Gasteiger partial charge on any atom is -0.497 e. The second-order valence-corrected chi connectivity index (χ2v) is 11.8. The number of hydrogen-bond donors (Lipinski definition) is 1. The second-order valence-electron chi connectivity index (χ2n) is 10.2. The SMILES string of the molecule is COc1ccc(/C=C/C(=O)NC2CCC(CCN3CCc4ccc(OS(C)(=O)=O)cc4CC3)CC2)cc1. The van der Waals surface area contributed by atoms with Gasteiger partial charge in [0.25, 0.3) is 0 Å². The average Bonchev–Trinajstić information content (AvgIpc) is 3.08. The van der Waals surface area contributed by atoms with Crippen molar-refractivity contribution < 1.29 is 22.1 Å². The molecule has 1 N–H and O–H groups in total. The van der Waals surface area contributed by atoms with Crippen molar-refractivity contribution in [3.05, 3.63) is 65.2 Å². The summed E-state index contributed by atoms with van der Waals surface area (Å²) in [6, 6.07) is 13.5. The Morgan fingerprint density at radius 2 is 1.68 bits per heavy atom. The van der Waals surface area contributed by atoms with E-state index in [1.807, 2.05) is 42.5 Å². The lowest BCUT2D eigenvalue weighted by molar-refractivity contribution is -0.117. The van der Waals surface area contributed by atoms with Crippen molar-refractivity contribution in [1.29, 1.82) is 0 Å². The van der Waals surface area contributed by atoms with E-state index in [0.717, 1.165) is 75.7 Å². The molecule has 4 rings (SSSR count). The van der Waals surface area contributed by atoms with Gasteiger partial charge in [-0.25, -0.2) is 0 Å². The molecule has 0 bridgehead atoms. The Labute approximate surface area is 221 Å². The Morgan fingerprint density at radius 1 is 1.00 bits per heavy atom. The fourth-order valence-electron chi connectivity index (χ4n) is 5.29. The van der Waals surface area contributed by atoms with E-state index >= 15 is 0 Å². The zero-order valence-electron chi connectivity index (χ0n) is 21.8. The van der Waals surface area contributed by atoms with Gasteiger partial charge in [-0.1, -0.05) is 18.2 Å². The summed E-state index contributed by atoms with van der Waals surface area (Å²) < 4.78 is 33.1. The molecule has 1 heterocycles. The van der Waals surface area contributed by atoms with Crippen LogP contribution in [0.3, 0.4) is 0 Å². The summed E-state index contributed by atoms with van der Waals surface area (Å²) >= 11 is 0. The normalized spacial score (nSPS) is 20.7. The third kappa shape index (κ3) is 8.61. The van der Waals surface area contributed by atoms with Crippen LogP contribution in [0.1, 0.15) is 48.8 Å². The minimum absolute atomic E-state index is 0.0338. The van der Waals surface area contributed by atoms with Gasteiger partial charge in [-0.15, -0.1) is 0 Å². The van der Waals surface area contributed by atoms with Crippen LogP contribution in [0.15, 0.2) is 48.5 Å². The summed E-state index contributed by atoms with van der Waals surface area (Å²) in [5, 5.41) is 3.17. The highest BCUT2D eigenvalue weighted by atomic mass is 32.2. The molecule has 37 heavy (non-hydrogen) atoms. The Kier molecular flexibility index (Phi) is 9.27. The number of nitrogens with zero attached hydrogens (tertiary/aromatic N) is 1. The lowest BCUT2D eigenvalue weighted by Crippen LogP contribution is -2.37. The minimum atomic E-state index is -3.51. The Morgan fingerprint density at radius 3 is 2.35 bits per heavy atom. The van der Waals surface area contributed by atoms with Crippen molar-refractivity contribution >= 4 is 22.1 Å². The van der Waals surface area contributed by atoms with Gasteiger partial charge in [-0.2, -0.15) is 8.42 Å². The molecule has 1 amide bonds. The first-order valence-electron chi connectivity index (χ1n) is 13.1. The molecule has 1 saturated carbocycles. The van der Waals surface area contributed by atoms with E-state index in [-0.39, 0.29) is 11.9 Å². The number of amides is 1. The summed E-state index contributed by atoms with van der Waals surface area (Å²) in [6.07, 6.45) is 11.9. The van der Waals surface area contributed by atoms with Crippen molar-refractivity contribution in [2.45, 2.75) is 51.0 Å². The van der Waals surface area contributed by atoms with E-state index in [2.05, 4.69) is 10.2 Å². The highest BCUT2D eigenvalue weighted by Gasteiger charge is 2.23. The molecular formula is C29H38N2O5S. The first-order chi connectivity index (χ1) is 17.8. The van der Waals surface area contributed by atoms with Gasteiger partial charge in [0.05, 0.1) is 13.4 Å². The number of methoxy groups -OCH3 is 1. The molecule has 2 aromatic rings. The molecule has 2 aliphatic rings. The van der Waals surface area contributed by atoms with Gasteiger partial charge in [0, 0.05) is 25.2 Å². The number of nitrogens with one attached hydrogen (secondary N) is 1. The lowest BCUT2D eigenvalue weighted by atomic mass is 9.84. The molecule has 2 aromatic carbocycles. The fourth-order valence-corrected chi connectivity index (χ4v) is 5.75. The molecule has 1 aliphatic heterocycles. The van der Waals surface area contributed by atoms with Crippen molar-refractivity contribution in [3.8, 4) is 11.5 Å². The molecule has 200 valence electrons. The third-order valence-electron chi connectivity index (χ3n) is 7.41. The van der Waals surface area contributed by atoms with E-state index in [4.69, 9.17) is 8.92 Å². The van der Waals surface area contributed by atoms with E-state index < -0.39 is 10.1 Å². The highest BCUT2D eigenvalue weighted by Crippen LogP contribution is 2.28. The maximum atomic E-state index is 12.4. The number of carbonyl (C=O) groups excluding carboxylic acids is 1. The van der Waals surface area contributed by atoms with Crippen molar-refractivity contribution in [2.75, 3.05) is 33.0 Å². The monoisotopic (exact) mass is 526 g/mol. The van der Waals surface area contributed by atoms with Gasteiger partial charge in [0.15, 0.2) is 0 Å². The average molecular weight is 527 g/mol. The lowest BCUT2D eigenvalue weighted by Gasteiger charge is -2.30. The molecule has 0 saturated heterocycles. The zero-order chi connectivity index (χ0) is 26.3. The Balaban J connectivity index is 1.16. The summed E-state index contributed by atoms with van der Waals surface area (Å²) in [6.45, 7) is 3.07. The van der Waals surface area contributed by atoms with Crippen molar-refractivity contribution in [1.82, 2.24) is 10.2 Å². The quantitative estimate of drug-likeness (QED) is 0.389. The van der Waals surface area contributed by atoms with Crippen LogP contribution in [0.5, 0.6) is 11.5 Å². The number of ether oxygens (including phenoxy) is 1. The fraction of sp³-hybridized carbons (Fsp3) is 0.483. The van der Waals surface area contributed by atoms with Crippen LogP contribution in [0.2, 0.25) is 0 Å². The first-order valence-corrected chi connectivity index (χ1v) is 15.0. The topological polar surface area (TPSA) is 84.9 Å². The summed E-state index contributed by atoms with van der Waals surface area (Å²) in [4.78, 5) is 14.9. The van der Waals surface area contributed by atoms with Crippen LogP contribution in [-0.4, -0.2) is 58.3 Å². The summed E-state index contributed by atoms with van der Waals surface area (Å²) in [5.41, 5.74) is 3.43. The van der Waals surface area contributed by atoms with Crippen LogP contribution >= 0.6 is 0 Å².